The normalized spacial score (nSPS) is 36.8. The zero-order chi connectivity index (χ0) is 13.0. The van der Waals surface area contributed by atoms with Crippen molar-refractivity contribution in [2.75, 3.05) is 7.05 Å². The van der Waals surface area contributed by atoms with Gasteiger partial charge in [-0.25, -0.2) is 0 Å². The van der Waals surface area contributed by atoms with Gasteiger partial charge in [0.15, 0.2) is 0 Å². The van der Waals surface area contributed by atoms with E-state index < -0.39 is 5.72 Å². The maximum Gasteiger partial charge on any atom is 0.132 e. The molecule has 0 radical (unpaired) electrons. The predicted octanol–water partition coefficient (Wildman–Crippen LogP) is 2.86. The number of ketones is 1. The van der Waals surface area contributed by atoms with Gasteiger partial charge in [-0.1, -0.05) is 12.8 Å². The number of hydrogen-bond donors (Lipinski definition) is 1. The van der Waals surface area contributed by atoms with E-state index >= 15 is 0 Å². The van der Waals surface area contributed by atoms with Gasteiger partial charge in [-0.05, 0) is 52.0 Å². The van der Waals surface area contributed by atoms with Crippen molar-refractivity contribution in [1.29, 1.82) is 0 Å². The summed E-state index contributed by atoms with van der Waals surface area (Å²) in [5.74, 6) is 0.475. The van der Waals surface area contributed by atoms with Gasteiger partial charge in [0.1, 0.15) is 11.5 Å². The second-order valence-corrected chi connectivity index (χ2v) is 6.13. The molecule has 3 fully saturated rings. The van der Waals surface area contributed by atoms with E-state index in [-0.39, 0.29) is 0 Å². The number of Topliss-reactive ketones (excluding diaryl/α,β-unsaturated/α-hetero) is 1. The third-order valence-electron chi connectivity index (χ3n) is 4.86. The highest BCUT2D eigenvalue weighted by molar-refractivity contribution is 5.78. The zero-order valence-electron chi connectivity index (χ0n) is 11.7. The molecular formula is C15H27NO2. The highest BCUT2D eigenvalue weighted by Crippen LogP contribution is 2.40. The van der Waals surface area contributed by atoms with E-state index in [0.717, 1.165) is 38.5 Å². The molecule has 2 bridgehead atoms. The molecule has 0 aromatic carbocycles. The minimum absolute atomic E-state index is 0.414. The van der Waals surface area contributed by atoms with Crippen LogP contribution in [0.4, 0.5) is 0 Å². The van der Waals surface area contributed by atoms with Crippen LogP contribution in [0.25, 0.3) is 0 Å². The summed E-state index contributed by atoms with van der Waals surface area (Å²) >= 11 is 0. The highest BCUT2D eigenvalue weighted by atomic mass is 16.3. The molecule has 18 heavy (non-hydrogen) atoms. The molecule has 0 spiro atoms. The van der Waals surface area contributed by atoms with Gasteiger partial charge in [-0.15, -0.1) is 0 Å². The maximum atomic E-state index is 10.7. The smallest absolute Gasteiger partial charge is 0.132 e. The maximum absolute atomic E-state index is 10.7. The summed E-state index contributed by atoms with van der Waals surface area (Å²) in [6, 6.07) is 0.679. The first-order valence-electron chi connectivity index (χ1n) is 7.59. The Morgan fingerprint density at radius 2 is 1.72 bits per heavy atom. The molecular weight excluding hydrogens is 226 g/mol. The van der Waals surface area contributed by atoms with E-state index in [0.29, 0.717) is 11.8 Å². The molecule has 3 heteroatoms. The first-order chi connectivity index (χ1) is 8.62. The second kappa shape index (κ2) is 6.16. The quantitative estimate of drug-likeness (QED) is 0.675. The van der Waals surface area contributed by atoms with E-state index in [1.807, 2.05) is 0 Å². The molecule has 0 amide bonds. The molecule has 3 rings (SSSR count). The van der Waals surface area contributed by atoms with Crippen LogP contribution < -0.4 is 0 Å². The largest absolute Gasteiger partial charge is 0.376 e. The standard InChI is InChI=1S/C8H15NO.C7H12O/c1-9-7-3-2-5-8(9,10)6-4-7;8-7-5-3-1-2-4-6-7/h7,10H,2-6H2,1H3;1-6H2/t7-,8-;/m1./s1. The van der Waals surface area contributed by atoms with Crippen LogP contribution in [0.3, 0.4) is 0 Å². The highest BCUT2D eigenvalue weighted by Gasteiger charge is 2.44. The Hall–Kier alpha value is -0.410. The lowest BCUT2D eigenvalue weighted by molar-refractivity contribution is -0.118. The average Bonchev–Trinajstić information content (AvgIpc) is 2.61. The van der Waals surface area contributed by atoms with Crippen LogP contribution in [-0.4, -0.2) is 34.6 Å². The molecule has 0 aromatic heterocycles. The van der Waals surface area contributed by atoms with E-state index in [9.17, 15) is 9.90 Å². The second-order valence-electron chi connectivity index (χ2n) is 6.13. The number of hydrogen-bond acceptors (Lipinski definition) is 3. The lowest BCUT2D eigenvalue weighted by Crippen LogP contribution is -2.47. The van der Waals surface area contributed by atoms with Gasteiger partial charge < -0.3 is 5.11 Å². The van der Waals surface area contributed by atoms with Gasteiger partial charge in [0, 0.05) is 18.9 Å². The fourth-order valence-corrected chi connectivity index (χ4v) is 3.49. The van der Waals surface area contributed by atoms with Crippen molar-refractivity contribution in [3.8, 4) is 0 Å². The van der Waals surface area contributed by atoms with Crippen molar-refractivity contribution in [2.24, 2.45) is 0 Å². The number of piperidine rings is 1. The summed E-state index contributed by atoms with van der Waals surface area (Å²) in [5.41, 5.74) is -0.414. The molecule has 0 aromatic rings. The number of carbonyl (C=O) groups is 1. The van der Waals surface area contributed by atoms with Gasteiger partial charge >= 0.3 is 0 Å². The molecule has 1 N–H and O–H groups in total. The van der Waals surface area contributed by atoms with Gasteiger partial charge in [0.25, 0.3) is 0 Å². The van der Waals surface area contributed by atoms with Gasteiger partial charge in [-0.3, -0.25) is 9.69 Å². The van der Waals surface area contributed by atoms with E-state index in [2.05, 4.69) is 11.9 Å². The van der Waals surface area contributed by atoms with Crippen LogP contribution in [-0.2, 0) is 4.79 Å². The predicted molar refractivity (Wildman–Crippen MR) is 72.3 cm³/mol. The minimum Gasteiger partial charge on any atom is -0.376 e. The molecule has 2 atom stereocenters. The van der Waals surface area contributed by atoms with Gasteiger partial charge in [-0.2, -0.15) is 0 Å². The van der Waals surface area contributed by atoms with E-state index in [1.165, 1.54) is 32.1 Å². The molecule has 2 saturated heterocycles. The third kappa shape index (κ3) is 3.33. The van der Waals surface area contributed by atoms with Crippen molar-refractivity contribution in [2.45, 2.75) is 82.4 Å². The van der Waals surface area contributed by atoms with Gasteiger partial charge in [0.05, 0.1) is 0 Å². The van der Waals surface area contributed by atoms with Crippen molar-refractivity contribution < 1.29 is 9.90 Å². The molecule has 2 aliphatic heterocycles. The molecule has 0 unspecified atom stereocenters. The van der Waals surface area contributed by atoms with Crippen LogP contribution in [0.15, 0.2) is 0 Å². The first kappa shape index (κ1) is 14.0. The third-order valence-corrected chi connectivity index (χ3v) is 4.86. The molecule has 104 valence electrons. The number of rotatable bonds is 0. The Morgan fingerprint density at radius 3 is 2.28 bits per heavy atom. The average molecular weight is 253 g/mol. The lowest BCUT2D eigenvalue weighted by atomic mass is 10.0. The van der Waals surface area contributed by atoms with Crippen LogP contribution in [0, 0.1) is 0 Å². The van der Waals surface area contributed by atoms with Crippen LogP contribution in [0.1, 0.15) is 70.6 Å². The molecule has 1 aliphatic carbocycles. The lowest BCUT2D eigenvalue weighted by Gasteiger charge is -2.38. The van der Waals surface area contributed by atoms with Crippen molar-refractivity contribution in [3.05, 3.63) is 0 Å². The van der Waals surface area contributed by atoms with Crippen molar-refractivity contribution in [1.82, 2.24) is 4.90 Å². The number of carbonyl (C=O) groups excluding carboxylic acids is 1. The zero-order valence-corrected chi connectivity index (χ0v) is 11.7. The Labute approximate surface area is 111 Å². The topological polar surface area (TPSA) is 40.5 Å². The fourth-order valence-electron chi connectivity index (χ4n) is 3.49. The molecule has 2 heterocycles. The number of nitrogens with zero attached hydrogens (tertiary/aromatic N) is 1. The van der Waals surface area contributed by atoms with Crippen LogP contribution >= 0.6 is 0 Å². The minimum atomic E-state index is -0.414. The summed E-state index contributed by atoms with van der Waals surface area (Å²) in [4.78, 5) is 12.8. The Bertz CT molecular complexity index is 278. The summed E-state index contributed by atoms with van der Waals surface area (Å²) in [5, 5.41) is 9.92. The summed E-state index contributed by atoms with van der Waals surface area (Å²) in [7, 11) is 2.05. The number of fused-ring (bicyclic) bond motifs is 2. The SMILES string of the molecule is CN1[C@@H]2CCC[C@@]1(O)CC2.O=C1CCCCCC1. The van der Waals surface area contributed by atoms with E-state index in [4.69, 9.17) is 0 Å². The molecule has 3 aliphatic rings. The molecule has 3 nitrogen and oxygen atoms in total. The van der Waals surface area contributed by atoms with Gasteiger partial charge in [0.2, 0.25) is 0 Å². The fraction of sp³-hybridized carbons (Fsp3) is 0.933. The van der Waals surface area contributed by atoms with Crippen molar-refractivity contribution >= 4 is 5.78 Å². The van der Waals surface area contributed by atoms with Crippen LogP contribution in [0.5, 0.6) is 0 Å². The number of aliphatic hydroxyl groups is 1. The summed E-state index contributed by atoms with van der Waals surface area (Å²) < 4.78 is 0. The molecule has 1 saturated carbocycles. The Balaban J connectivity index is 0.000000138. The van der Waals surface area contributed by atoms with E-state index in [1.54, 1.807) is 0 Å². The van der Waals surface area contributed by atoms with Crippen molar-refractivity contribution in [3.63, 3.8) is 0 Å². The first-order valence-corrected chi connectivity index (χ1v) is 7.59. The Morgan fingerprint density at radius 1 is 1.06 bits per heavy atom. The summed E-state index contributed by atoms with van der Waals surface area (Å²) in [6.45, 7) is 0. The monoisotopic (exact) mass is 253 g/mol. The Kier molecular flexibility index (Phi) is 4.79. The van der Waals surface area contributed by atoms with Crippen LogP contribution in [0.2, 0.25) is 0 Å². The summed E-state index contributed by atoms with van der Waals surface area (Å²) in [6.07, 6.45) is 12.2.